The zero-order valence-electron chi connectivity index (χ0n) is 15.5. The van der Waals surface area contributed by atoms with Crippen LogP contribution in [0.5, 0.6) is 0 Å². The molecular formula is C19H21FN2O5S. The number of ether oxygens (including phenoxy) is 1. The number of esters is 1. The molecule has 2 aromatic rings. The standard InChI is InChI=1S/C19H21FN2O5S/c1-14(2)22(16-8-4-3-5-9-16)18(23)13-27-19(24)12-21-28(25,26)17-10-6-7-15(20)11-17/h3-11,14,21H,12-13H2,1-2H3. The fourth-order valence-electron chi connectivity index (χ4n) is 2.45. The van der Waals surface area contributed by atoms with Crippen molar-refractivity contribution in [2.45, 2.75) is 24.8 Å². The van der Waals surface area contributed by atoms with Crippen molar-refractivity contribution in [2.24, 2.45) is 0 Å². The molecule has 0 atom stereocenters. The second-order valence-electron chi connectivity index (χ2n) is 6.14. The Kier molecular flexibility index (Phi) is 7.24. The number of nitrogens with one attached hydrogen (secondary N) is 1. The molecule has 0 aromatic heterocycles. The molecule has 0 aliphatic heterocycles. The summed E-state index contributed by atoms with van der Waals surface area (Å²) in [6.07, 6.45) is 0. The number of nitrogens with zero attached hydrogens (tertiary/aromatic N) is 1. The third-order valence-corrected chi connectivity index (χ3v) is 5.09. The number of amides is 1. The monoisotopic (exact) mass is 408 g/mol. The van der Waals surface area contributed by atoms with Gasteiger partial charge in [0.25, 0.3) is 5.91 Å². The van der Waals surface area contributed by atoms with E-state index in [4.69, 9.17) is 4.74 Å². The second-order valence-corrected chi connectivity index (χ2v) is 7.90. The Labute approximate surface area is 163 Å². The number of para-hydroxylation sites is 1. The first-order valence-electron chi connectivity index (χ1n) is 8.48. The molecule has 150 valence electrons. The quantitative estimate of drug-likeness (QED) is 0.675. The minimum absolute atomic E-state index is 0.167. The first-order valence-corrected chi connectivity index (χ1v) is 9.97. The SMILES string of the molecule is CC(C)N(C(=O)COC(=O)CNS(=O)(=O)c1cccc(F)c1)c1ccccc1. The van der Waals surface area contributed by atoms with Crippen molar-refractivity contribution in [1.29, 1.82) is 0 Å². The molecule has 0 heterocycles. The van der Waals surface area contributed by atoms with E-state index in [9.17, 15) is 22.4 Å². The summed E-state index contributed by atoms with van der Waals surface area (Å²) in [7, 11) is -4.08. The van der Waals surface area contributed by atoms with Crippen LogP contribution >= 0.6 is 0 Å². The molecule has 28 heavy (non-hydrogen) atoms. The van der Waals surface area contributed by atoms with Gasteiger partial charge in [-0.05, 0) is 44.2 Å². The lowest BCUT2D eigenvalue weighted by Crippen LogP contribution is -2.40. The Morgan fingerprint density at radius 3 is 2.39 bits per heavy atom. The van der Waals surface area contributed by atoms with Crippen molar-refractivity contribution in [3.63, 3.8) is 0 Å². The highest BCUT2D eigenvalue weighted by atomic mass is 32.2. The van der Waals surface area contributed by atoms with Gasteiger partial charge in [-0.25, -0.2) is 12.8 Å². The first kappa shape index (κ1) is 21.5. The van der Waals surface area contributed by atoms with Gasteiger partial charge in [0.15, 0.2) is 6.61 Å². The highest BCUT2D eigenvalue weighted by Crippen LogP contribution is 2.16. The van der Waals surface area contributed by atoms with Crippen LogP contribution < -0.4 is 9.62 Å². The van der Waals surface area contributed by atoms with Gasteiger partial charge in [0.05, 0.1) is 4.90 Å². The van der Waals surface area contributed by atoms with Crippen LogP contribution in [0.4, 0.5) is 10.1 Å². The molecule has 2 rings (SSSR count). The summed E-state index contributed by atoms with van der Waals surface area (Å²) in [5.41, 5.74) is 0.658. The summed E-state index contributed by atoms with van der Waals surface area (Å²) in [5.74, 6) is -2.08. The molecule has 0 saturated carbocycles. The fraction of sp³-hybridized carbons (Fsp3) is 0.263. The van der Waals surface area contributed by atoms with E-state index in [1.54, 1.807) is 24.3 Å². The normalized spacial score (nSPS) is 11.3. The van der Waals surface area contributed by atoms with Gasteiger partial charge in [0.2, 0.25) is 10.0 Å². The van der Waals surface area contributed by atoms with Crippen molar-refractivity contribution in [2.75, 3.05) is 18.1 Å². The maximum absolute atomic E-state index is 13.2. The van der Waals surface area contributed by atoms with E-state index in [-0.39, 0.29) is 10.9 Å². The summed E-state index contributed by atoms with van der Waals surface area (Å²) in [5, 5.41) is 0. The number of anilines is 1. The van der Waals surface area contributed by atoms with E-state index in [1.807, 2.05) is 24.6 Å². The number of hydrogen-bond donors (Lipinski definition) is 1. The van der Waals surface area contributed by atoms with Crippen molar-refractivity contribution < 1.29 is 27.1 Å². The highest BCUT2D eigenvalue weighted by molar-refractivity contribution is 7.89. The first-order chi connectivity index (χ1) is 13.2. The van der Waals surface area contributed by atoms with Crippen LogP contribution in [0.15, 0.2) is 59.5 Å². The Morgan fingerprint density at radius 2 is 1.79 bits per heavy atom. The lowest BCUT2D eigenvalue weighted by atomic mass is 10.2. The number of benzene rings is 2. The van der Waals surface area contributed by atoms with Gasteiger partial charge >= 0.3 is 5.97 Å². The van der Waals surface area contributed by atoms with Crippen LogP contribution in [0.3, 0.4) is 0 Å². The molecule has 0 spiro atoms. The second kappa shape index (κ2) is 9.43. The van der Waals surface area contributed by atoms with Gasteiger partial charge < -0.3 is 9.64 Å². The van der Waals surface area contributed by atoms with Crippen LogP contribution in [0.1, 0.15) is 13.8 Å². The third kappa shape index (κ3) is 5.86. The number of halogens is 1. The highest BCUT2D eigenvalue weighted by Gasteiger charge is 2.21. The van der Waals surface area contributed by atoms with Gasteiger partial charge in [0.1, 0.15) is 12.4 Å². The summed E-state index contributed by atoms with van der Waals surface area (Å²) in [4.78, 5) is 25.4. The predicted octanol–water partition coefficient (Wildman–Crippen LogP) is 2.09. The van der Waals surface area contributed by atoms with Crippen LogP contribution in [-0.2, 0) is 24.3 Å². The summed E-state index contributed by atoms with van der Waals surface area (Å²) in [6.45, 7) is 2.42. The molecular weight excluding hydrogens is 387 g/mol. The molecule has 0 radical (unpaired) electrons. The molecule has 0 fully saturated rings. The molecule has 0 saturated heterocycles. The van der Waals surface area contributed by atoms with E-state index in [0.29, 0.717) is 5.69 Å². The van der Waals surface area contributed by atoms with Crippen molar-refractivity contribution in [3.8, 4) is 0 Å². The zero-order chi connectivity index (χ0) is 20.7. The molecule has 0 aliphatic carbocycles. The third-order valence-electron chi connectivity index (χ3n) is 3.69. The number of rotatable bonds is 8. The minimum atomic E-state index is -4.08. The average molecular weight is 408 g/mol. The summed E-state index contributed by atoms with van der Waals surface area (Å²) >= 11 is 0. The van der Waals surface area contributed by atoms with E-state index >= 15 is 0 Å². The molecule has 1 N–H and O–H groups in total. The number of carbonyl (C=O) groups excluding carboxylic acids is 2. The Hall–Kier alpha value is -2.78. The van der Waals surface area contributed by atoms with Crippen LogP contribution in [0, 0.1) is 5.82 Å². The van der Waals surface area contributed by atoms with Gasteiger partial charge in [-0.1, -0.05) is 24.3 Å². The Morgan fingerprint density at radius 1 is 1.11 bits per heavy atom. The van der Waals surface area contributed by atoms with E-state index in [2.05, 4.69) is 0 Å². The lowest BCUT2D eigenvalue weighted by molar-refractivity contribution is -0.146. The largest absolute Gasteiger partial charge is 0.455 e. The topological polar surface area (TPSA) is 92.8 Å². The summed E-state index contributed by atoms with van der Waals surface area (Å²) < 4.78 is 44.2. The van der Waals surface area contributed by atoms with Gasteiger partial charge in [-0.2, -0.15) is 4.72 Å². The van der Waals surface area contributed by atoms with Crippen LogP contribution in [-0.4, -0.2) is 39.5 Å². The Bertz CT molecular complexity index is 932. The van der Waals surface area contributed by atoms with Crippen molar-refractivity contribution in [1.82, 2.24) is 4.72 Å². The fourth-order valence-corrected chi connectivity index (χ4v) is 3.45. The maximum atomic E-state index is 13.2. The van der Waals surface area contributed by atoms with Gasteiger partial charge in [0, 0.05) is 11.7 Å². The zero-order valence-corrected chi connectivity index (χ0v) is 16.3. The van der Waals surface area contributed by atoms with Gasteiger partial charge in [-0.3, -0.25) is 9.59 Å². The molecule has 0 aliphatic rings. The molecule has 0 bridgehead atoms. The molecule has 0 unspecified atom stereocenters. The Balaban J connectivity index is 1.92. The lowest BCUT2D eigenvalue weighted by Gasteiger charge is -2.26. The molecule has 2 aromatic carbocycles. The van der Waals surface area contributed by atoms with Crippen molar-refractivity contribution >= 4 is 27.6 Å². The molecule has 7 nitrogen and oxygen atoms in total. The number of hydrogen-bond acceptors (Lipinski definition) is 5. The molecule has 9 heteroatoms. The van der Waals surface area contributed by atoms with E-state index < -0.39 is 40.9 Å². The van der Waals surface area contributed by atoms with E-state index in [1.165, 1.54) is 17.0 Å². The average Bonchev–Trinajstić information content (AvgIpc) is 2.65. The molecule has 1 amide bonds. The number of sulfonamides is 1. The smallest absolute Gasteiger partial charge is 0.321 e. The van der Waals surface area contributed by atoms with Crippen LogP contribution in [0.25, 0.3) is 0 Å². The van der Waals surface area contributed by atoms with Gasteiger partial charge in [-0.15, -0.1) is 0 Å². The van der Waals surface area contributed by atoms with E-state index in [0.717, 1.165) is 12.1 Å². The summed E-state index contributed by atoms with van der Waals surface area (Å²) in [6, 6.07) is 13.1. The van der Waals surface area contributed by atoms with Crippen LogP contribution in [0.2, 0.25) is 0 Å². The minimum Gasteiger partial charge on any atom is -0.455 e. The number of carbonyl (C=O) groups is 2. The van der Waals surface area contributed by atoms with Crippen molar-refractivity contribution in [3.05, 3.63) is 60.4 Å². The predicted molar refractivity (Wildman–Crippen MR) is 102 cm³/mol. The maximum Gasteiger partial charge on any atom is 0.321 e.